The fraction of sp³-hybridized carbons (Fsp3) is 0.429. The average molecular weight is 397 g/mol. The van der Waals surface area contributed by atoms with Gasteiger partial charge in [0.15, 0.2) is 0 Å². The summed E-state index contributed by atoms with van der Waals surface area (Å²) in [5.74, 6) is -0.350. The van der Waals surface area contributed by atoms with E-state index in [0.717, 1.165) is 25.7 Å². The number of hydrogen-bond acceptors (Lipinski definition) is 5. The average Bonchev–Trinajstić information content (AvgIpc) is 2.73. The summed E-state index contributed by atoms with van der Waals surface area (Å²) in [4.78, 5) is 30.3. The highest BCUT2D eigenvalue weighted by molar-refractivity contribution is 5.96. The maximum atomic E-state index is 13.0. The van der Waals surface area contributed by atoms with Crippen molar-refractivity contribution in [2.24, 2.45) is 0 Å². The van der Waals surface area contributed by atoms with Crippen molar-refractivity contribution in [3.05, 3.63) is 51.9 Å². The number of rotatable bonds is 9. The molecule has 0 aliphatic rings. The number of amides is 1. The van der Waals surface area contributed by atoms with Crippen LogP contribution in [0.15, 0.2) is 35.3 Å². The van der Waals surface area contributed by atoms with E-state index < -0.39 is 0 Å². The topological polar surface area (TPSA) is 101 Å². The van der Waals surface area contributed by atoms with Crippen LogP contribution in [-0.4, -0.2) is 40.1 Å². The number of nitrogens with one attached hydrogen (secondary N) is 2. The van der Waals surface area contributed by atoms with Crippen molar-refractivity contribution in [3.8, 4) is 0 Å². The van der Waals surface area contributed by atoms with Gasteiger partial charge in [-0.1, -0.05) is 32.3 Å². The number of pyridine rings is 2. The van der Waals surface area contributed by atoms with Crippen LogP contribution >= 0.6 is 0 Å². The van der Waals surface area contributed by atoms with Gasteiger partial charge in [-0.2, -0.15) is 0 Å². The predicted octanol–water partition coefficient (Wildman–Crippen LogP) is 2.09. The number of ether oxygens (including phenoxy) is 1. The molecular weight excluding hydrogens is 370 g/mol. The lowest BCUT2D eigenvalue weighted by atomic mass is 10.1. The fourth-order valence-electron chi connectivity index (χ4n) is 3.31. The van der Waals surface area contributed by atoms with Gasteiger partial charge in [-0.15, -0.1) is 0 Å². The highest BCUT2D eigenvalue weighted by Crippen LogP contribution is 2.10. The van der Waals surface area contributed by atoms with Crippen molar-refractivity contribution in [2.45, 2.75) is 39.2 Å². The molecule has 3 aromatic rings. The molecule has 154 valence electrons. The van der Waals surface area contributed by atoms with E-state index in [-0.39, 0.29) is 22.5 Å². The van der Waals surface area contributed by atoms with E-state index in [1.807, 2.05) is 0 Å². The lowest BCUT2D eigenvalue weighted by molar-refractivity contribution is 0.0950. The summed E-state index contributed by atoms with van der Waals surface area (Å²) in [7, 11) is 1.57. The van der Waals surface area contributed by atoms with Crippen molar-refractivity contribution in [1.82, 2.24) is 19.3 Å². The van der Waals surface area contributed by atoms with Crippen LogP contribution in [-0.2, 0) is 11.3 Å². The van der Waals surface area contributed by atoms with Crippen molar-refractivity contribution in [3.63, 3.8) is 0 Å². The van der Waals surface area contributed by atoms with Crippen LogP contribution < -0.4 is 16.4 Å². The summed E-state index contributed by atoms with van der Waals surface area (Å²) in [6.45, 7) is 3.33. The van der Waals surface area contributed by atoms with Crippen LogP contribution in [0.2, 0.25) is 0 Å². The molecule has 0 aromatic carbocycles. The molecule has 0 fully saturated rings. The quantitative estimate of drug-likeness (QED) is 0.426. The fourth-order valence-corrected chi connectivity index (χ4v) is 3.31. The smallest absolute Gasteiger partial charge is 0.267 e. The van der Waals surface area contributed by atoms with Gasteiger partial charge in [0.25, 0.3) is 11.5 Å². The van der Waals surface area contributed by atoms with E-state index in [4.69, 9.17) is 10.1 Å². The molecule has 0 unspecified atom stereocenters. The Balaban J connectivity index is 2.08. The van der Waals surface area contributed by atoms with Gasteiger partial charge in [-0.3, -0.25) is 19.4 Å². The molecule has 3 rings (SSSR count). The molecule has 1 amide bonds. The third-order valence-electron chi connectivity index (χ3n) is 4.90. The Morgan fingerprint density at radius 3 is 2.86 bits per heavy atom. The van der Waals surface area contributed by atoms with E-state index in [0.29, 0.717) is 36.4 Å². The van der Waals surface area contributed by atoms with Crippen LogP contribution in [0.4, 0.5) is 0 Å². The normalized spacial score (nSPS) is 11.2. The second-order valence-electron chi connectivity index (χ2n) is 6.95. The Hall–Kier alpha value is -3.00. The highest BCUT2D eigenvalue weighted by Gasteiger charge is 2.17. The maximum absolute atomic E-state index is 13.0. The van der Waals surface area contributed by atoms with Gasteiger partial charge in [0.1, 0.15) is 16.8 Å². The molecule has 8 nitrogen and oxygen atoms in total. The van der Waals surface area contributed by atoms with Gasteiger partial charge in [0.05, 0.1) is 17.6 Å². The Morgan fingerprint density at radius 1 is 1.28 bits per heavy atom. The highest BCUT2D eigenvalue weighted by atomic mass is 16.5. The van der Waals surface area contributed by atoms with Gasteiger partial charge in [0.2, 0.25) is 0 Å². The largest absolute Gasteiger partial charge is 0.383 e. The van der Waals surface area contributed by atoms with Gasteiger partial charge >= 0.3 is 0 Å². The summed E-state index contributed by atoms with van der Waals surface area (Å²) in [6, 6.07) is 6.78. The van der Waals surface area contributed by atoms with Crippen molar-refractivity contribution in [1.29, 1.82) is 5.41 Å². The minimum atomic E-state index is -0.350. The zero-order valence-corrected chi connectivity index (χ0v) is 16.9. The lowest BCUT2D eigenvalue weighted by Crippen LogP contribution is -2.35. The summed E-state index contributed by atoms with van der Waals surface area (Å²) >= 11 is 0. The molecule has 2 N–H and O–H groups in total. The monoisotopic (exact) mass is 397 g/mol. The summed E-state index contributed by atoms with van der Waals surface area (Å²) in [5.41, 5.74) is 0.784. The van der Waals surface area contributed by atoms with Crippen molar-refractivity contribution in [2.75, 3.05) is 20.3 Å². The third kappa shape index (κ3) is 4.37. The Labute approximate surface area is 168 Å². The number of nitrogens with zero attached hydrogens (tertiary/aromatic N) is 3. The van der Waals surface area contributed by atoms with E-state index in [9.17, 15) is 9.59 Å². The first-order valence-electron chi connectivity index (χ1n) is 9.95. The van der Waals surface area contributed by atoms with Gasteiger partial charge in [0, 0.05) is 26.4 Å². The van der Waals surface area contributed by atoms with E-state index in [2.05, 4.69) is 17.2 Å². The molecule has 8 heteroatoms. The van der Waals surface area contributed by atoms with Crippen molar-refractivity contribution < 1.29 is 9.53 Å². The van der Waals surface area contributed by atoms with Crippen LogP contribution in [0.5, 0.6) is 0 Å². The number of carbonyl (C=O) groups excluding carboxylic acids is 1. The SMILES string of the molecule is CCCCCCNC(=O)c1cc2c(=O)n3ccccc3nc2n(CCOC)c1=N. The lowest BCUT2D eigenvalue weighted by Gasteiger charge is -2.14. The molecule has 0 bridgehead atoms. The van der Waals surface area contributed by atoms with Crippen LogP contribution in [0.3, 0.4) is 0 Å². The third-order valence-corrected chi connectivity index (χ3v) is 4.90. The molecule has 29 heavy (non-hydrogen) atoms. The number of aromatic nitrogens is 3. The van der Waals surface area contributed by atoms with Crippen molar-refractivity contribution >= 4 is 22.6 Å². The molecule has 0 spiro atoms. The Morgan fingerprint density at radius 2 is 2.10 bits per heavy atom. The first kappa shape index (κ1) is 20.7. The van der Waals surface area contributed by atoms with E-state index >= 15 is 0 Å². The molecule has 3 aromatic heterocycles. The second kappa shape index (κ2) is 9.47. The zero-order valence-electron chi connectivity index (χ0n) is 16.9. The predicted molar refractivity (Wildman–Crippen MR) is 111 cm³/mol. The molecule has 3 heterocycles. The Kier molecular flexibility index (Phi) is 6.77. The molecule has 0 saturated carbocycles. The molecule has 0 radical (unpaired) electrons. The zero-order chi connectivity index (χ0) is 20.8. The minimum Gasteiger partial charge on any atom is -0.383 e. The van der Waals surface area contributed by atoms with Crippen LogP contribution in [0.1, 0.15) is 43.0 Å². The summed E-state index contributed by atoms with van der Waals surface area (Å²) < 4.78 is 8.17. The molecule has 0 aliphatic heterocycles. The van der Waals surface area contributed by atoms with Crippen LogP contribution in [0.25, 0.3) is 16.7 Å². The molecule has 0 atom stereocenters. The number of methoxy groups -OCH3 is 1. The maximum Gasteiger partial charge on any atom is 0.267 e. The van der Waals surface area contributed by atoms with E-state index in [1.165, 1.54) is 10.5 Å². The molecule has 0 saturated heterocycles. The van der Waals surface area contributed by atoms with E-state index in [1.54, 1.807) is 36.1 Å². The van der Waals surface area contributed by atoms with Gasteiger partial charge in [-0.05, 0) is 24.6 Å². The van der Waals surface area contributed by atoms with Gasteiger partial charge in [-0.25, -0.2) is 4.98 Å². The number of fused-ring (bicyclic) bond motifs is 2. The standard InChI is InChI=1S/C21H27N5O3/c1-3-4-5-7-10-23-20(27)15-14-16-19(26(18(15)22)12-13-29-2)24-17-9-6-8-11-25(17)21(16)28/h6,8-9,11,14,22H,3-5,7,10,12-13H2,1-2H3,(H,23,27). The molecule has 0 aliphatic carbocycles. The Bertz CT molecular complexity index is 1130. The number of carbonyl (C=O) groups is 1. The first-order chi connectivity index (χ1) is 14.1. The number of unbranched alkanes of at least 4 members (excludes halogenated alkanes) is 3. The summed E-state index contributed by atoms with van der Waals surface area (Å²) in [5, 5.41) is 11.7. The van der Waals surface area contributed by atoms with Gasteiger partial charge < -0.3 is 14.6 Å². The minimum absolute atomic E-state index is 0.0211. The number of hydrogen-bond donors (Lipinski definition) is 2. The second-order valence-corrected chi connectivity index (χ2v) is 6.95. The summed E-state index contributed by atoms with van der Waals surface area (Å²) in [6.07, 6.45) is 5.83. The van der Waals surface area contributed by atoms with Crippen LogP contribution in [0, 0.1) is 5.41 Å². The first-order valence-corrected chi connectivity index (χ1v) is 9.95. The molecular formula is C21H27N5O3.